The maximum atomic E-state index is 13.6. The van der Waals surface area contributed by atoms with Gasteiger partial charge in [-0.15, -0.1) is 0 Å². The van der Waals surface area contributed by atoms with Crippen LogP contribution in [0.1, 0.15) is 5.56 Å². The zero-order chi connectivity index (χ0) is 16.6. The predicted octanol–water partition coefficient (Wildman–Crippen LogP) is 3.43. The molecular formula is C16H11F4NO2. The molecule has 0 bridgehead atoms. The first-order valence-corrected chi connectivity index (χ1v) is 6.82. The van der Waals surface area contributed by atoms with Gasteiger partial charge in [-0.25, -0.2) is 17.6 Å². The van der Waals surface area contributed by atoms with Crippen molar-refractivity contribution in [2.24, 2.45) is 5.92 Å². The first-order chi connectivity index (χ1) is 11.0. The molecule has 0 saturated carbocycles. The molecule has 0 aromatic heterocycles. The molecule has 0 saturated heterocycles. The lowest BCUT2D eigenvalue weighted by Gasteiger charge is -2.24. The second kappa shape index (κ2) is 5.91. The molecule has 1 amide bonds. The Balaban J connectivity index is 1.81. The summed E-state index contributed by atoms with van der Waals surface area (Å²) in [6.45, 7) is 0.00385. The van der Waals surface area contributed by atoms with Crippen molar-refractivity contribution in [2.45, 2.75) is 6.42 Å². The van der Waals surface area contributed by atoms with E-state index >= 15 is 0 Å². The predicted molar refractivity (Wildman–Crippen MR) is 74.0 cm³/mol. The van der Waals surface area contributed by atoms with Gasteiger partial charge in [-0.3, -0.25) is 4.79 Å². The molecule has 3 nitrogen and oxygen atoms in total. The van der Waals surface area contributed by atoms with E-state index in [4.69, 9.17) is 4.74 Å². The number of carbonyl (C=O) groups excluding carboxylic acids is 1. The summed E-state index contributed by atoms with van der Waals surface area (Å²) in [6, 6.07) is 7.13. The van der Waals surface area contributed by atoms with Crippen LogP contribution in [0, 0.1) is 29.2 Å². The van der Waals surface area contributed by atoms with E-state index in [2.05, 4.69) is 0 Å². The van der Waals surface area contributed by atoms with E-state index in [9.17, 15) is 22.4 Å². The molecule has 1 aliphatic rings. The van der Waals surface area contributed by atoms with Crippen LogP contribution >= 0.6 is 0 Å². The van der Waals surface area contributed by atoms with Gasteiger partial charge in [0.05, 0.1) is 5.92 Å². The van der Waals surface area contributed by atoms with Crippen molar-refractivity contribution in [3.05, 3.63) is 59.2 Å². The highest BCUT2D eigenvalue weighted by Crippen LogP contribution is 2.29. The van der Waals surface area contributed by atoms with Gasteiger partial charge in [-0.1, -0.05) is 18.2 Å². The average molecular weight is 325 g/mol. The standard InChI is InChI=1S/C16H11F4NO2/c17-10-6-11(18)14(20)15(13(10)19)21-16(22)9-5-8-3-1-2-4-12(8)23-7-9/h1-4,6,9H,5,7H2,(H,21,22). The summed E-state index contributed by atoms with van der Waals surface area (Å²) >= 11 is 0. The molecule has 120 valence electrons. The van der Waals surface area contributed by atoms with E-state index in [0.717, 1.165) is 5.56 Å². The molecule has 1 atom stereocenters. The van der Waals surface area contributed by atoms with E-state index < -0.39 is 40.8 Å². The summed E-state index contributed by atoms with van der Waals surface area (Å²) in [5.74, 6) is -7.32. The van der Waals surface area contributed by atoms with E-state index in [0.29, 0.717) is 12.2 Å². The van der Waals surface area contributed by atoms with Crippen molar-refractivity contribution in [1.82, 2.24) is 0 Å². The Morgan fingerprint density at radius 3 is 2.43 bits per heavy atom. The minimum atomic E-state index is -1.64. The van der Waals surface area contributed by atoms with Crippen molar-refractivity contribution in [2.75, 3.05) is 11.9 Å². The lowest BCUT2D eigenvalue weighted by Crippen LogP contribution is -2.33. The van der Waals surface area contributed by atoms with Crippen molar-refractivity contribution in [3.63, 3.8) is 0 Å². The van der Waals surface area contributed by atoms with Gasteiger partial charge < -0.3 is 10.1 Å². The molecule has 0 fully saturated rings. The number of ether oxygens (including phenoxy) is 1. The third kappa shape index (κ3) is 2.86. The largest absolute Gasteiger partial charge is 0.492 e. The quantitative estimate of drug-likeness (QED) is 0.679. The Labute approximate surface area is 128 Å². The molecule has 0 radical (unpaired) electrons. The van der Waals surface area contributed by atoms with E-state index in [1.165, 1.54) is 0 Å². The summed E-state index contributed by atoms with van der Waals surface area (Å²) in [6.07, 6.45) is 0.295. The maximum Gasteiger partial charge on any atom is 0.231 e. The van der Waals surface area contributed by atoms with Crippen LogP contribution in [0.2, 0.25) is 0 Å². The molecule has 7 heteroatoms. The van der Waals surface area contributed by atoms with Crippen LogP contribution in [0.15, 0.2) is 30.3 Å². The monoisotopic (exact) mass is 325 g/mol. The number of nitrogens with one attached hydrogen (secondary N) is 1. The number of anilines is 1. The summed E-state index contributed by atoms with van der Waals surface area (Å²) in [4.78, 5) is 12.1. The molecule has 1 aliphatic heterocycles. The number of fused-ring (bicyclic) bond motifs is 1. The van der Waals surface area contributed by atoms with Gasteiger partial charge in [0.25, 0.3) is 0 Å². The summed E-state index contributed by atoms with van der Waals surface area (Å²) in [5, 5.41) is 1.91. The molecule has 0 spiro atoms. The van der Waals surface area contributed by atoms with Crippen molar-refractivity contribution in [3.8, 4) is 5.75 Å². The smallest absolute Gasteiger partial charge is 0.231 e. The summed E-state index contributed by atoms with van der Waals surface area (Å²) in [7, 11) is 0. The van der Waals surface area contributed by atoms with Gasteiger partial charge in [0.15, 0.2) is 23.3 Å². The Bertz CT molecular complexity index is 753. The fraction of sp³-hybridized carbons (Fsp3) is 0.188. The molecular weight excluding hydrogens is 314 g/mol. The normalized spacial score (nSPS) is 16.4. The lowest BCUT2D eigenvalue weighted by atomic mass is 9.96. The molecule has 3 rings (SSSR count). The van der Waals surface area contributed by atoms with E-state index in [1.807, 2.05) is 5.32 Å². The van der Waals surface area contributed by atoms with Crippen LogP contribution in [0.5, 0.6) is 5.75 Å². The number of hydrogen-bond donors (Lipinski definition) is 1. The SMILES string of the molecule is O=C(Nc1c(F)c(F)cc(F)c1F)C1COc2ccccc2C1. The van der Waals surface area contributed by atoms with Gasteiger partial charge in [0.1, 0.15) is 18.0 Å². The van der Waals surface area contributed by atoms with Crippen molar-refractivity contribution < 1.29 is 27.1 Å². The van der Waals surface area contributed by atoms with Gasteiger partial charge in [-0.05, 0) is 18.1 Å². The highest BCUT2D eigenvalue weighted by atomic mass is 19.2. The highest BCUT2D eigenvalue weighted by molar-refractivity contribution is 5.93. The number of hydrogen-bond acceptors (Lipinski definition) is 2. The van der Waals surface area contributed by atoms with Crippen LogP contribution in [0.3, 0.4) is 0 Å². The number of benzene rings is 2. The van der Waals surface area contributed by atoms with Crippen LogP contribution in [0.25, 0.3) is 0 Å². The molecule has 1 unspecified atom stereocenters. The second-order valence-corrected chi connectivity index (χ2v) is 5.15. The molecule has 1 heterocycles. The number of rotatable bonds is 2. The number of carbonyl (C=O) groups is 1. The molecule has 1 N–H and O–H groups in total. The second-order valence-electron chi connectivity index (χ2n) is 5.15. The first-order valence-electron chi connectivity index (χ1n) is 6.82. The van der Waals surface area contributed by atoms with Crippen LogP contribution in [-0.2, 0) is 11.2 Å². The number of amides is 1. The highest BCUT2D eigenvalue weighted by Gasteiger charge is 2.28. The zero-order valence-electron chi connectivity index (χ0n) is 11.7. The van der Waals surface area contributed by atoms with Crippen molar-refractivity contribution >= 4 is 11.6 Å². The third-order valence-electron chi connectivity index (χ3n) is 3.61. The first kappa shape index (κ1) is 15.3. The minimum Gasteiger partial charge on any atom is -0.492 e. The maximum absolute atomic E-state index is 13.6. The Hall–Kier alpha value is -2.57. The Morgan fingerprint density at radius 2 is 1.74 bits per heavy atom. The topological polar surface area (TPSA) is 38.3 Å². The summed E-state index contributed by atoms with van der Waals surface area (Å²) < 4.78 is 58.9. The fourth-order valence-corrected chi connectivity index (χ4v) is 2.40. The number of halogens is 4. The lowest BCUT2D eigenvalue weighted by molar-refractivity contribution is -0.121. The van der Waals surface area contributed by atoms with Crippen LogP contribution in [-0.4, -0.2) is 12.5 Å². The van der Waals surface area contributed by atoms with Crippen molar-refractivity contribution in [1.29, 1.82) is 0 Å². The molecule has 2 aromatic rings. The third-order valence-corrected chi connectivity index (χ3v) is 3.61. The molecule has 2 aromatic carbocycles. The Morgan fingerprint density at radius 1 is 1.09 bits per heavy atom. The van der Waals surface area contributed by atoms with E-state index in [-0.39, 0.29) is 12.7 Å². The van der Waals surface area contributed by atoms with Gasteiger partial charge in [0, 0.05) is 6.07 Å². The molecule has 0 aliphatic carbocycles. The van der Waals surface area contributed by atoms with Crippen LogP contribution < -0.4 is 10.1 Å². The van der Waals surface area contributed by atoms with E-state index in [1.54, 1.807) is 24.3 Å². The zero-order valence-corrected chi connectivity index (χ0v) is 11.7. The summed E-state index contributed by atoms with van der Waals surface area (Å²) in [5.41, 5.74) is -0.364. The van der Waals surface area contributed by atoms with Gasteiger partial charge >= 0.3 is 0 Å². The fourth-order valence-electron chi connectivity index (χ4n) is 2.40. The van der Waals surface area contributed by atoms with Gasteiger partial charge in [-0.2, -0.15) is 0 Å². The van der Waals surface area contributed by atoms with Crippen LogP contribution in [0.4, 0.5) is 23.2 Å². The van der Waals surface area contributed by atoms with Gasteiger partial charge in [0.2, 0.25) is 5.91 Å². The minimum absolute atomic E-state index is 0.00385. The number of para-hydroxylation sites is 1. The average Bonchev–Trinajstić information content (AvgIpc) is 2.56. The molecule has 23 heavy (non-hydrogen) atoms. The Kier molecular flexibility index (Phi) is 3.94.